The molecule has 96 valence electrons. The molecule has 1 atom stereocenters. The molecule has 5 heteroatoms. The zero-order valence-electron chi connectivity index (χ0n) is 10.2. The van der Waals surface area contributed by atoms with Gasteiger partial charge in [-0.1, -0.05) is 18.2 Å². The molecule has 1 fully saturated rings. The van der Waals surface area contributed by atoms with E-state index in [2.05, 4.69) is 0 Å². The number of nitrogens with zero attached hydrogens (tertiary/aromatic N) is 1. The van der Waals surface area contributed by atoms with Gasteiger partial charge in [-0.2, -0.15) is 0 Å². The molecule has 18 heavy (non-hydrogen) atoms. The van der Waals surface area contributed by atoms with E-state index in [1.165, 1.54) is 4.90 Å². The molecular formula is C13H16N2O3. The summed E-state index contributed by atoms with van der Waals surface area (Å²) in [6, 6.07) is 7.26. The number of nitrogens with two attached hydrogens (primary N) is 1. The lowest BCUT2D eigenvalue weighted by Crippen LogP contribution is -2.50. The lowest BCUT2D eigenvalue weighted by Gasteiger charge is -2.20. The first-order valence-electron chi connectivity index (χ1n) is 5.81. The van der Waals surface area contributed by atoms with Gasteiger partial charge in [0.25, 0.3) is 5.91 Å². The third kappa shape index (κ3) is 2.09. The van der Waals surface area contributed by atoms with Crippen molar-refractivity contribution in [2.75, 3.05) is 13.1 Å². The van der Waals surface area contributed by atoms with Crippen molar-refractivity contribution >= 4 is 11.9 Å². The number of aryl methyl sites for hydroxylation is 1. The zero-order chi connectivity index (χ0) is 13.3. The van der Waals surface area contributed by atoms with Gasteiger partial charge in [-0.05, 0) is 25.0 Å². The molecule has 1 amide bonds. The summed E-state index contributed by atoms with van der Waals surface area (Å²) in [5, 5.41) is 9.03. The van der Waals surface area contributed by atoms with Crippen LogP contribution in [0, 0.1) is 6.92 Å². The van der Waals surface area contributed by atoms with E-state index in [1.807, 2.05) is 19.1 Å². The van der Waals surface area contributed by atoms with Crippen LogP contribution in [-0.2, 0) is 4.79 Å². The number of carboxylic acids is 1. The van der Waals surface area contributed by atoms with Crippen LogP contribution < -0.4 is 5.73 Å². The second kappa shape index (κ2) is 4.42. The Morgan fingerprint density at radius 2 is 2.06 bits per heavy atom. The number of hydrogen-bond donors (Lipinski definition) is 2. The van der Waals surface area contributed by atoms with Gasteiger partial charge in [0.05, 0.1) is 0 Å². The summed E-state index contributed by atoms with van der Waals surface area (Å²) in [4.78, 5) is 24.8. The maximum absolute atomic E-state index is 12.3. The second-order valence-electron chi connectivity index (χ2n) is 4.75. The van der Waals surface area contributed by atoms with Crippen molar-refractivity contribution in [1.82, 2.24) is 4.90 Å². The van der Waals surface area contributed by atoms with Crippen LogP contribution in [-0.4, -0.2) is 40.5 Å². The van der Waals surface area contributed by atoms with Crippen LogP contribution in [0.3, 0.4) is 0 Å². The second-order valence-corrected chi connectivity index (χ2v) is 4.75. The van der Waals surface area contributed by atoms with E-state index in [1.54, 1.807) is 12.1 Å². The highest BCUT2D eigenvalue weighted by Crippen LogP contribution is 2.22. The number of aliphatic carboxylic acids is 1. The smallest absolute Gasteiger partial charge is 0.325 e. The van der Waals surface area contributed by atoms with Crippen LogP contribution >= 0.6 is 0 Å². The van der Waals surface area contributed by atoms with Gasteiger partial charge in [0.2, 0.25) is 0 Å². The Morgan fingerprint density at radius 1 is 1.39 bits per heavy atom. The largest absolute Gasteiger partial charge is 0.480 e. The van der Waals surface area contributed by atoms with Gasteiger partial charge in [-0.3, -0.25) is 9.59 Å². The van der Waals surface area contributed by atoms with E-state index in [9.17, 15) is 9.59 Å². The summed E-state index contributed by atoms with van der Waals surface area (Å²) >= 11 is 0. The minimum absolute atomic E-state index is 0.0650. The lowest BCUT2D eigenvalue weighted by atomic mass is 10.0. The molecular weight excluding hydrogens is 232 g/mol. The van der Waals surface area contributed by atoms with E-state index in [0.29, 0.717) is 18.5 Å². The molecule has 5 nitrogen and oxygen atoms in total. The molecule has 2 rings (SSSR count). The van der Waals surface area contributed by atoms with Gasteiger partial charge in [-0.25, -0.2) is 0 Å². The Bertz CT molecular complexity index is 501. The summed E-state index contributed by atoms with van der Waals surface area (Å²) in [6.07, 6.45) is 0.292. The number of amides is 1. The van der Waals surface area contributed by atoms with Gasteiger partial charge in [0.15, 0.2) is 0 Å². The van der Waals surface area contributed by atoms with Crippen LogP contribution in [0.5, 0.6) is 0 Å². The number of carboxylic acid groups (broad SMARTS) is 1. The average Bonchev–Trinajstić information content (AvgIpc) is 2.73. The maximum Gasteiger partial charge on any atom is 0.325 e. The third-order valence-corrected chi connectivity index (χ3v) is 3.39. The molecule has 1 heterocycles. The van der Waals surface area contributed by atoms with Crippen LogP contribution in [0.15, 0.2) is 24.3 Å². The fraction of sp³-hybridized carbons (Fsp3) is 0.385. The molecule has 3 N–H and O–H groups in total. The van der Waals surface area contributed by atoms with Gasteiger partial charge in [0, 0.05) is 18.7 Å². The van der Waals surface area contributed by atoms with E-state index >= 15 is 0 Å². The van der Waals surface area contributed by atoms with E-state index in [0.717, 1.165) is 5.56 Å². The normalized spacial score (nSPS) is 23.1. The summed E-state index contributed by atoms with van der Waals surface area (Å²) < 4.78 is 0. The van der Waals surface area contributed by atoms with Crippen molar-refractivity contribution in [3.05, 3.63) is 35.4 Å². The number of rotatable bonds is 2. The molecule has 1 aliphatic rings. The van der Waals surface area contributed by atoms with Crippen molar-refractivity contribution in [2.24, 2.45) is 5.73 Å². The predicted octanol–water partition coefficient (Wildman–Crippen LogP) is 0.623. The van der Waals surface area contributed by atoms with E-state index in [4.69, 9.17) is 10.8 Å². The minimum atomic E-state index is -1.31. The van der Waals surface area contributed by atoms with Gasteiger partial charge >= 0.3 is 5.97 Å². The molecule has 0 bridgehead atoms. The summed E-state index contributed by atoms with van der Waals surface area (Å²) in [6.45, 7) is 2.31. The van der Waals surface area contributed by atoms with Gasteiger partial charge in [0.1, 0.15) is 5.54 Å². The molecule has 1 saturated heterocycles. The fourth-order valence-corrected chi connectivity index (χ4v) is 2.16. The first-order valence-corrected chi connectivity index (χ1v) is 5.81. The predicted molar refractivity (Wildman–Crippen MR) is 66.3 cm³/mol. The number of likely N-dealkylation sites (tertiary alicyclic amines) is 1. The highest BCUT2D eigenvalue weighted by Gasteiger charge is 2.43. The average molecular weight is 248 g/mol. The summed E-state index contributed by atoms with van der Waals surface area (Å²) in [7, 11) is 0. The number of carbonyl (C=O) groups excluding carboxylic acids is 1. The molecule has 0 radical (unpaired) electrons. The van der Waals surface area contributed by atoms with Crippen LogP contribution in [0.4, 0.5) is 0 Å². The van der Waals surface area contributed by atoms with Gasteiger partial charge < -0.3 is 15.7 Å². The van der Waals surface area contributed by atoms with Crippen LogP contribution in [0.2, 0.25) is 0 Å². The number of hydrogen-bond acceptors (Lipinski definition) is 3. The summed E-state index contributed by atoms with van der Waals surface area (Å²) in [5.74, 6) is -1.20. The van der Waals surface area contributed by atoms with Crippen molar-refractivity contribution in [1.29, 1.82) is 0 Å². The van der Waals surface area contributed by atoms with E-state index < -0.39 is 11.5 Å². The molecule has 0 saturated carbocycles. The minimum Gasteiger partial charge on any atom is -0.480 e. The maximum atomic E-state index is 12.3. The highest BCUT2D eigenvalue weighted by molar-refractivity contribution is 5.96. The fourth-order valence-electron chi connectivity index (χ4n) is 2.16. The zero-order valence-corrected chi connectivity index (χ0v) is 10.2. The molecule has 0 aliphatic carbocycles. The first-order chi connectivity index (χ1) is 8.44. The van der Waals surface area contributed by atoms with Crippen molar-refractivity contribution in [3.8, 4) is 0 Å². The number of benzene rings is 1. The van der Waals surface area contributed by atoms with Crippen LogP contribution in [0.1, 0.15) is 22.3 Å². The summed E-state index contributed by atoms with van der Waals surface area (Å²) in [5.41, 5.74) is 5.93. The van der Waals surface area contributed by atoms with Crippen molar-refractivity contribution < 1.29 is 14.7 Å². The number of carbonyl (C=O) groups is 2. The standard InChI is InChI=1S/C13H16N2O3/c1-9-4-2-3-5-10(9)11(16)15-7-6-13(14,8-15)12(17)18/h2-5H,6-8,14H2,1H3,(H,17,18). The molecule has 1 aromatic carbocycles. The van der Waals surface area contributed by atoms with Crippen LogP contribution in [0.25, 0.3) is 0 Å². The quantitative estimate of drug-likeness (QED) is 0.803. The Hall–Kier alpha value is -1.88. The Kier molecular flexibility index (Phi) is 3.09. The third-order valence-electron chi connectivity index (χ3n) is 3.39. The highest BCUT2D eigenvalue weighted by atomic mass is 16.4. The van der Waals surface area contributed by atoms with Crippen molar-refractivity contribution in [2.45, 2.75) is 18.9 Å². The molecule has 0 spiro atoms. The first kappa shape index (κ1) is 12.6. The topological polar surface area (TPSA) is 83.6 Å². The molecule has 1 unspecified atom stereocenters. The van der Waals surface area contributed by atoms with E-state index in [-0.39, 0.29) is 12.5 Å². The molecule has 1 aliphatic heterocycles. The Morgan fingerprint density at radius 3 is 2.61 bits per heavy atom. The Labute approximate surface area is 105 Å². The SMILES string of the molecule is Cc1ccccc1C(=O)N1CCC(N)(C(=O)O)C1. The van der Waals surface area contributed by atoms with Gasteiger partial charge in [-0.15, -0.1) is 0 Å². The lowest BCUT2D eigenvalue weighted by molar-refractivity contribution is -0.142. The van der Waals surface area contributed by atoms with Crippen molar-refractivity contribution in [3.63, 3.8) is 0 Å². The molecule has 0 aromatic heterocycles. The molecule has 1 aromatic rings. The Balaban J connectivity index is 2.18. The monoisotopic (exact) mass is 248 g/mol.